The molecule has 2 unspecified atom stereocenters. The fourth-order valence-electron chi connectivity index (χ4n) is 4.04. The van der Waals surface area contributed by atoms with Crippen LogP contribution in [-0.4, -0.2) is 47.1 Å². The van der Waals surface area contributed by atoms with Crippen molar-refractivity contribution in [3.63, 3.8) is 0 Å². The summed E-state index contributed by atoms with van der Waals surface area (Å²) < 4.78 is 5.16. The zero-order valence-corrected chi connectivity index (χ0v) is 15.0. The van der Waals surface area contributed by atoms with Crippen LogP contribution in [0.25, 0.3) is 0 Å². The highest BCUT2D eigenvalue weighted by atomic mass is 16.5. The maximum Gasteiger partial charge on any atom is 0.227 e. The van der Waals surface area contributed by atoms with Gasteiger partial charge in [-0.25, -0.2) is 4.98 Å². The summed E-state index contributed by atoms with van der Waals surface area (Å²) >= 11 is 0. The van der Waals surface area contributed by atoms with Crippen LogP contribution in [-0.2, 0) is 11.2 Å². The molecule has 2 aromatic rings. The van der Waals surface area contributed by atoms with E-state index in [1.807, 2.05) is 24.8 Å². The van der Waals surface area contributed by atoms with Crippen LogP contribution in [0.1, 0.15) is 22.6 Å². The Hall–Kier alpha value is -2.88. The van der Waals surface area contributed by atoms with E-state index in [0.717, 1.165) is 49.0 Å². The standard InChI is InChI=1S/C19H21N5O2/c1-12-17(13(2)26-22-12)5-19(25)24-10-15-8-23(9-16(15)11-24)18-4-3-14(6-20)7-21-18/h3-4,7,15-16H,5,8-11H2,1-2H3. The largest absolute Gasteiger partial charge is 0.361 e. The van der Waals surface area contributed by atoms with Crippen molar-refractivity contribution in [2.24, 2.45) is 11.8 Å². The van der Waals surface area contributed by atoms with Crippen LogP contribution in [0.15, 0.2) is 22.9 Å². The molecular formula is C19H21N5O2. The number of anilines is 1. The van der Waals surface area contributed by atoms with Crippen LogP contribution in [0.4, 0.5) is 5.82 Å². The summed E-state index contributed by atoms with van der Waals surface area (Å²) in [5.41, 5.74) is 2.29. The van der Waals surface area contributed by atoms with E-state index >= 15 is 0 Å². The van der Waals surface area contributed by atoms with E-state index in [1.165, 1.54) is 0 Å². The van der Waals surface area contributed by atoms with Gasteiger partial charge in [0, 0.05) is 49.8 Å². The fraction of sp³-hybridized carbons (Fsp3) is 0.474. The predicted octanol–water partition coefficient (Wildman–Crippen LogP) is 1.70. The van der Waals surface area contributed by atoms with Gasteiger partial charge in [0.15, 0.2) is 0 Å². The third-order valence-corrected chi connectivity index (χ3v) is 5.55. The van der Waals surface area contributed by atoms with Crippen molar-refractivity contribution in [3.05, 3.63) is 40.9 Å². The van der Waals surface area contributed by atoms with Crippen LogP contribution in [0, 0.1) is 37.0 Å². The summed E-state index contributed by atoms with van der Waals surface area (Å²) in [5, 5.41) is 12.8. The Kier molecular flexibility index (Phi) is 4.11. The molecule has 2 fully saturated rings. The molecule has 0 N–H and O–H groups in total. The minimum atomic E-state index is 0.150. The summed E-state index contributed by atoms with van der Waals surface area (Å²) in [6, 6.07) is 5.80. The van der Waals surface area contributed by atoms with E-state index < -0.39 is 0 Å². The van der Waals surface area contributed by atoms with Gasteiger partial charge in [-0.1, -0.05) is 5.16 Å². The molecule has 2 aromatic heterocycles. The molecule has 4 heterocycles. The molecule has 7 nitrogen and oxygen atoms in total. The summed E-state index contributed by atoms with van der Waals surface area (Å²) in [5.74, 6) is 2.74. The maximum atomic E-state index is 12.7. The minimum absolute atomic E-state index is 0.150. The van der Waals surface area contributed by atoms with Gasteiger partial charge >= 0.3 is 0 Å². The van der Waals surface area contributed by atoms with Gasteiger partial charge in [0.2, 0.25) is 5.91 Å². The molecule has 2 atom stereocenters. The highest BCUT2D eigenvalue weighted by Gasteiger charge is 2.42. The number of pyridine rings is 1. The van der Waals surface area contributed by atoms with Crippen molar-refractivity contribution in [1.29, 1.82) is 5.26 Å². The zero-order valence-electron chi connectivity index (χ0n) is 15.0. The molecule has 4 rings (SSSR count). The second kappa shape index (κ2) is 6.45. The summed E-state index contributed by atoms with van der Waals surface area (Å²) in [7, 11) is 0. The van der Waals surface area contributed by atoms with Crippen molar-refractivity contribution < 1.29 is 9.32 Å². The number of nitriles is 1. The topological polar surface area (TPSA) is 86.3 Å². The molecule has 134 valence electrons. The Bertz CT molecular complexity index is 834. The van der Waals surface area contributed by atoms with Crippen LogP contribution in [0.2, 0.25) is 0 Å². The number of aryl methyl sites for hydroxylation is 2. The molecule has 0 saturated carbocycles. The number of carbonyl (C=O) groups is 1. The van der Waals surface area contributed by atoms with Gasteiger partial charge in [-0.05, 0) is 26.0 Å². The van der Waals surface area contributed by atoms with Crippen LogP contribution in [0.3, 0.4) is 0 Å². The first-order valence-corrected chi connectivity index (χ1v) is 8.85. The van der Waals surface area contributed by atoms with E-state index in [2.05, 4.69) is 21.1 Å². The molecule has 2 aliphatic heterocycles. The molecule has 0 bridgehead atoms. The average molecular weight is 351 g/mol. The molecule has 1 amide bonds. The third-order valence-electron chi connectivity index (χ3n) is 5.55. The summed E-state index contributed by atoms with van der Waals surface area (Å²) in [6.07, 6.45) is 1.98. The Morgan fingerprint density at radius 3 is 2.54 bits per heavy atom. The minimum Gasteiger partial charge on any atom is -0.361 e. The van der Waals surface area contributed by atoms with E-state index in [0.29, 0.717) is 23.8 Å². The van der Waals surface area contributed by atoms with Gasteiger partial charge in [0.05, 0.1) is 17.7 Å². The maximum absolute atomic E-state index is 12.7. The number of rotatable bonds is 3. The molecule has 26 heavy (non-hydrogen) atoms. The highest BCUT2D eigenvalue weighted by Crippen LogP contribution is 2.33. The van der Waals surface area contributed by atoms with Crippen molar-refractivity contribution in [2.75, 3.05) is 31.1 Å². The predicted molar refractivity (Wildman–Crippen MR) is 94.4 cm³/mol. The number of amides is 1. The van der Waals surface area contributed by atoms with Gasteiger partial charge in [0.25, 0.3) is 0 Å². The number of likely N-dealkylation sites (tertiary alicyclic amines) is 1. The van der Waals surface area contributed by atoms with Crippen molar-refractivity contribution in [3.8, 4) is 6.07 Å². The zero-order chi connectivity index (χ0) is 18.3. The summed E-state index contributed by atoms with van der Waals surface area (Å²) in [6.45, 7) is 7.11. The van der Waals surface area contributed by atoms with Gasteiger partial charge in [0.1, 0.15) is 17.6 Å². The SMILES string of the molecule is Cc1noc(C)c1CC(=O)N1CC2CN(c3ccc(C#N)cn3)CC2C1. The number of hydrogen-bond acceptors (Lipinski definition) is 6. The van der Waals surface area contributed by atoms with Gasteiger partial charge in [-0.15, -0.1) is 0 Å². The lowest BCUT2D eigenvalue weighted by Crippen LogP contribution is -2.34. The Morgan fingerprint density at radius 2 is 2.00 bits per heavy atom. The monoisotopic (exact) mass is 351 g/mol. The van der Waals surface area contributed by atoms with Crippen molar-refractivity contribution >= 4 is 11.7 Å². The Labute approximate surface area is 152 Å². The first kappa shape index (κ1) is 16.6. The van der Waals surface area contributed by atoms with Gasteiger partial charge < -0.3 is 14.3 Å². The third kappa shape index (κ3) is 2.92. The molecule has 7 heteroatoms. The average Bonchev–Trinajstić information content (AvgIpc) is 3.31. The number of nitrogens with zero attached hydrogens (tertiary/aromatic N) is 5. The van der Waals surface area contributed by atoms with Gasteiger partial charge in [-0.3, -0.25) is 4.79 Å². The molecule has 0 aromatic carbocycles. The van der Waals surface area contributed by atoms with Crippen LogP contribution in [0.5, 0.6) is 0 Å². The second-order valence-corrected chi connectivity index (χ2v) is 7.22. The smallest absolute Gasteiger partial charge is 0.227 e. The lowest BCUT2D eigenvalue weighted by atomic mass is 10.0. The molecule has 2 saturated heterocycles. The highest BCUT2D eigenvalue weighted by molar-refractivity contribution is 5.79. The fourth-order valence-corrected chi connectivity index (χ4v) is 4.04. The van der Waals surface area contributed by atoms with E-state index in [-0.39, 0.29) is 5.91 Å². The molecule has 0 radical (unpaired) electrons. The number of carbonyl (C=O) groups excluding carboxylic acids is 1. The lowest BCUT2D eigenvalue weighted by molar-refractivity contribution is -0.129. The van der Waals surface area contributed by atoms with Crippen molar-refractivity contribution in [2.45, 2.75) is 20.3 Å². The molecule has 2 aliphatic rings. The van der Waals surface area contributed by atoms with E-state index in [1.54, 1.807) is 12.3 Å². The molecular weight excluding hydrogens is 330 g/mol. The number of aromatic nitrogens is 2. The van der Waals surface area contributed by atoms with Crippen LogP contribution >= 0.6 is 0 Å². The van der Waals surface area contributed by atoms with Crippen LogP contribution < -0.4 is 4.90 Å². The first-order valence-electron chi connectivity index (χ1n) is 8.85. The quantitative estimate of drug-likeness (QED) is 0.836. The lowest BCUT2D eigenvalue weighted by Gasteiger charge is -2.22. The first-order chi connectivity index (χ1) is 12.5. The second-order valence-electron chi connectivity index (χ2n) is 7.22. The molecule has 0 spiro atoms. The van der Waals surface area contributed by atoms with E-state index in [9.17, 15) is 4.79 Å². The number of hydrogen-bond donors (Lipinski definition) is 0. The number of fused-ring (bicyclic) bond motifs is 1. The van der Waals surface area contributed by atoms with Crippen molar-refractivity contribution in [1.82, 2.24) is 15.0 Å². The molecule has 0 aliphatic carbocycles. The van der Waals surface area contributed by atoms with E-state index in [4.69, 9.17) is 9.78 Å². The summed E-state index contributed by atoms with van der Waals surface area (Å²) in [4.78, 5) is 21.3. The Morgan fingerprint density at radius 1 is 1.27 bits per heavy atom. The normalized spacial score (nSPS) is 21.7. The van der Waals surface area contributed by atoms with Gasteiger partial charge in [-0.2, -0.15) is 5.26 Å². The Balaban J connectivity index is 1.37.